The zero-order valence-electron chi connectivity index (χ0n) is 13.3. The summed E-state index contributed by atoms with van der Waals surface area (Å²) in [7, 11) is 0. The molecule has 3 N–H and O–H groups in total. The van der Waals surface area contributed by atoms with Crippen molar-refractivity contribution in [1.29, 1.82) is 0 Å². The van der Waals surface area contributed by atoms with Gasteiger partial charge in [0.2, 0.25) is 0 Å². The van der Waals surface area contributed by atoms with E-state index in [0.717, 1.165) is 31.2 Å². The number of nitrogens with one attached hydrogen (secondary N) is 2. The number of carbonyl (C=O) groups is 1. The lowest BCUT2D eigenvalue weighted by atomic mass is 9.99. The first kappa shape index (κ1) is 16.9. The monoisotopic (exact) mass is 348 g/mol. The third kappa shape index (κ3) is 3.91. The van der Waals surface area contributed by atoms with E-state index in [-0.39, 0.29) is 19.2 Å². The highest BCUT2D eigenvalue weighted by Gasteiger charge is 2.34. The Morgan fingerprint density at radius 3 is 2.75 bits per heavy atom. The number of hydrogen-bond donors (Lipinski definition) is 3. The molecule has 1 heterocycles. The maximum Gasteiger partial charge on any atom is 0.315 e. The minimum atomic E-state index is -0.473. The van der Waals surface area contributed by atoms with Crippen molar-refractivity contribution in [2.45, 2.75) is 37.8 Å². The Labute approximate surface area is 146 Å². The van der Waals surface area contributed by atoms with E-state index in [9.17, 15) is 9.90 Å². The van der Waals surface area contributed by atoms with Gasteiger partial charge in [-0.2, -0.15) is 0 Å². The zero-order chi connectivity index (χ0) is 17.0. The summed E-state index contributed by atoms with van der Waals surface area (Å²) in [6.07, 6.45) is 3.69. The molecule has 24 heavy (non-hydrogen) atoms. The van der Waals surface area contributed by atoms with Crippen LogP contribution in [-0.4, -0.2) is 23.3 Å². The largest absolute Gasteiger partial charge is 0.459 e. The molecular weight excluding hydrogens is 328 g/mol. The fourth-order valence-electron chi connectivity index (χ4n) is 3.10. The molecule has 6 heteroatoms. The number of benzene rings is 1. The van der Waals surface area contributed by atoms with Gasteiger partial charge in [0, 0.05) is 10.6 Å². The molecule has 0 atom stereocenters. The van der Waals surface area contributed by atoms with Crippen molar-refractivity contribution in [3.63, 3.8) is 0 Å². The molecule has 0 spiro atoms. The molecule has 0 unspecified atom stereocenters. The van der Waals surface area contributed by atoms with Crippen LogP contribution in [-0.2, 0) is 6.54 Å². The third-order valence-electron chi connectivity index (χ3n) is 4.44. The van der Waals surface area contributed by atoms with Crippen molar-refractivity contribution < 1.29 is 14.3 Å². The normalized spacial score (nSPS) is 16.1. The van der Waals surface area contributed by atoms with E-state index in [1.807, 2.05) is 30.3 Å². The second-order valence-electron chi connectivity index (χ2n) is 6.23. The summed E-state index contributed by atoms with van der Waals surface area (Å²) in [5.41, 5.74) is 0.419. The predicted octanol–water partition coefficient (Wildman–Crippen LogP) is 3.70. The summed E-state index contributed by atoms with van der Waals surface area (Å²) in [5, 5.41) is 15.9. The Kier molecular flexibility index (Phi) is 5.11. The smallest absolute Gasteiger partial charge is 0.315 e. The van der Waals surface area contributed by atoms with Crippen LogP contribution in [0.4, 0.5) is 4.79 Å². The molecule has 0 aliphatic heterocycles. The summed E-state index contributed by atoms with van der Waals surface area (Å²) >= 11 is 5.98. The Morgan fingerprint density at radius 1 is 1.25 bits per heavy atom. The van der Waals surface area contributed by atoms with Gasteiger partial charge in [-0.15, -0.1) is 0 Å². The number of urea groups is 1. The zero-order valence-corrected chi connectivity index (χ0v) is 14.1. The molecule has 128 valence electrons. The van der Waals surface area contributed by atoms with Crippen molar-refractivity contribution in [3.05, 3.63) is 47.2 Å². The van der Waals surface area contributed by atoms with Gasteiger partial charge in [-0.05, 0) is 37.1 Å². The van der Waals surface area contributed by atoms with Crippen molar-refractivity contribution in [2.24, 2.45) is 0 Å². The summed E-state index contributed by atoms with van der Waals surface area (Å²) in [6, 6.07) is 10.8. The lowest BCUT2D eigenvalue weighted by Gasteiger charge is -2.27. The number of furan rings is 1. The molecule has 1 aromatic carbocycles. The number of carbonyl (C=O) groups excluding carboxylic acids is 1. The topological polar surface area (TPSA) is 74.5 Å². The average molecular weight is 349 g/mol. The molecule has 0 saturated heterocycles. The highest BCUT2D eigenvalue weighted by atomic mass is 35.5. The first-order chi connectivity index (χ1) is 11.6. The predicted molar refractivity (Wildman–Crippen MR) is 92.8 cm³/mol. The van der Waals surface area contributed by atoms with Gasteiger partial charge in [0.1, 0.15) is 11.5 Å². The Balaban J connectivity index is 1.56. The Morgan fingerprint density at radius 2 is 2.04 bits per heavy atom. The lowest BCUT2D eigenvalue weighted by Crippen LogP contribution is -2.52. The highest BCUT2D eigenvalue weighted by Crippen LogP contribution is 2.29. The second kappa shape index (κ2) is 7.28. The molecule has 2 aromatic rings. The third-order valence-corrected chi connectivity index (χ3v) is 4.67. The molecule has 3 rings (SSSR count). The van der Waals surface area contributed by atoms with E-state index < -0.39 is 5.54 Å². The maximum absolute atomic E-state index is 12.1. The molecule has 0 bridgehead atoms. The Bertz CT molecular complexity index is 708. The average Bonchev–Trinajstić information content (AvgIpc) is 3.23. The van der Waals surface area contributed by atoms with Gasteiger partial charge in [0.15, 0.2) is 0 Å². The van der Waals surface area contributed by atoms with E-state index in [2.05, 4.69) is 10.6 Å². The van der Waals surface area contributed by atoms with Crippen molar-refractivity contribution in [2.75, 3.05) is 6.61 Å². The summed E-state index contributed by atoms with van der Waals surface area (Å²) in [5.74, 6) is 1.36. The minimum Gasteiger partial charge on any atom is -0.459 e. The van der Waals surface area contributed by atoms with Crippen LogP contribution < -0.4 is 10.6 Å². The molecular formula is C18H21ClN2O3. The standard InChI is InChI=1S/C18H21ClN2O3/c19-14-5-3-4-13(10-14)16-7-6-15(24-16)11-20-17(23)21-18(12-22)8-1-2-9-18/h3-7,10,22H,1-2,8-9,11-12H2,(H2,20,21,23). The van der Waals surface area contributed by atoms with Crippen molar-refractivity contribution >= 4 is 17.6 Å². The minimum absolute atomic E-state index is 0.0277. The Hall–Kier alpha value is -1.98. The quantitative estimate of drug-likeness (QED) is 0.771. The molecule has 5 nitrogen and oxygen atoms in total. The summed E-state index contributed by atoms with van der Waals surface area (Å²) in [4.78, 5) is 12.1. The van der Waals surface area contributed by atoms with E-state index >= 15 is 0 Å². The summed E-state index contributed by atoms with van der Waals surface area (Å²) < 4.78 is 5.75. The number of hydrogen-bond acceptors (Lipinski definition) is 3. The first-order valence-electron chi connectivity index (χ1n) is 8.12. The highest BCUT2D eigenvalue weighted by molar-refractivity contribution is 6.30. The van der Waals surface area contributed by atoms with Gasteiger partial charge in [-0.3, -0.25) is 0 Å². The van der Waals surface area contributed by atoms with Crippen LogP contribution in [0, 0.1) is 0 Å². The molecule has 1 aliphatic rings. The molecule has 1 aliphatic carbocycles. The van der Waals surface area contributed by atoms with Crippen LogP contribution in [0.2, 0.25) is 5.02 Å². The second-order valence-corrected chi connectivity index (χ2v) is 6.67. The molecule has 1 aromatic heterocycles. The number of rotatable bonds is 5. The van der Waals surface area contributed by atoms with Crippen molar-refractivity contribution in [1.82, 2.24) is 10.6 Å². The molecule has 2 amide bonds. The van der Waals surface area contributed by atoms with Gasteiger partial charge in [-0.25, -0.2) is 4.79 Å². The van der Waals surface area contributed by atoms with E-state index in [1.54, 1.807) is 6.07 Å². The van der Waals surface area contributed by atoms with Crippen molar-refractivity contribution in [3.8, 4) is 11.3 Å². The fraction of sp³-hybridized carbons (Fsp3) is 0.389. The van der Waals surface area contributed by atoms with Gasteiger partial charge in [-0.1, -0.05) is 36.6 Å². The molecule has 1 fully saturated rings. The van der Waals surface area contributed by atoms with E-state index in [4.69, 9.17) is 16.0 Å². The van der Waals surface area contributed by atoms with Crippen LogP contribution in [0.15, 0.2) is 40.8 Å². The van der Waals surface area contributed by atoms with Crippen LogP contribution in [0.25, 0.3) is 11.3 Å². The molecule has 0 radical (unpaired) electrons. The van der Waals surface area contributed by atoms with E-state index in [0.29, 0.717) is 16.5 Å². The SMILES string of the molecule is O=C(NCc1ccc(-c2cccc(Cl)c2)o1)NC1(CO)CCCC1. The van der Waals surface area contributed by atoms with Gasteiger partial charge in [0.25, 0.3) is 0 Å². The van der Waals surface area contributed by atoms with Crippen LogP contribution in [0.1, 0.15) is 31.4 Å². The van der Waals surface area contributed by atoms with Gasteiger partial charge >= 0.3 is 6.03 Å². The van der Waals surface area contributed by atoms with Crippen LogP contribution >= 0.6 is 11.6 Å². The first-order valence-corrected chi connectivity index (χ1v) is 8.50. The van der Waals surface area contributed by atoms with Crippen LogP contribution in [0.5, 0.6) is 0 Å². The fourth-order valence-corrected chi connectivity index (χ4v) is 3.29. The number of halogens is 1. The van der Waals surface area contributed by atoms with Gasteiger partial charge in [0.05, 0.1) is 18.7 Å². The summed E-state index contributed by atoms with van der Waals surface area (Å²) in [6.45, 7) is 0.258. The number of aliphatic hydroxyl groups excluding tert-OH is 1. The van der Waals surface area contributed by atoms with E-state index in [1.165, 1.54) is 0 Å². The maximum atomic E-state index is 12.1. The van der Waals surface area contributed by atoms with Gasteiger partial charge < -0.3 is 20.2 Å². The lowest BCUT2D eigenvalue weighted by molar-refractivity contribution is 0.162. The molecule has 1 saturated carbocycles. The number of aliphatic hydroxyl groups is 1. The van der Waals surface area contributed by atoms with Crippen LogP contribution in [0.3, 0.4) is 0 Å². The number of amides is 2.